The minimum atomic E-state index is 0.858. The number of pyridine rings is 1. The van der Waals surface area contributed by atoms with Crippen LogP contribution in [-0.4, -0.2) is 25.2 Å². The van der Waals surface area contributed by atoms with Crippen molar-refractivity contribution >= 4 is 16.6 Å². The molecule has 0 saturated carbocycles. The summed E-state index contributed by atoms with van der Waals surface area (Å²) in [4.78, 5) is 7.08. The van der Waals surface area contributed by atoms with E-state index >= 15 is 0 Å². The Bertz CT molecular complexity index is 574. The van der Waals surface area contributed by atoms with Crippen molar-refractivity contribution in [3.63, 3.8) is 0 Å². The van der Waals surface area contributed by atoms with Gasteiger partial charge in [-0.2, -0.15) is 0 Å². The molecular formula is C15H18N2O. The molecule has 0 atom stereocenters. The molecule has 2 heterocycles. The highest BCUT2D eigenvalue weighted by Gasteiger charge is 2.17. The minimum Gasteiger partial charge on any atom is -0.494 e. The first kappa shape index (κ1) is 11.3. The summed E-state index contributed by atoms with van der Waals surface area (Å²) in [6.45, 7) is 4.34. The van der Waals surface area contributed by atoms with Crippen molar-refractivity contribution in [1.29, 1.82) is 0 Å². The predicted molar refractivity (Wildman–Crippen MR) is 74.5 cm³/mol. The van der Waals surface area contributed by atoms with Gasteiger partial charge < -0.3 is 9.64 Å². The first-order valence-corrected chi connectivity index (χ1v) is 6.49. The van der Waals surface area contributed by atoms with Crippen LogP contribution in [0.3, 0.4) is 0 Å². The largest absolute Gasteiger partial charge is 0.494 e. The van der Waals surface area contributed by atoms with Gasteiger partial charge in [-0.05, 0) is 31.9 Å². The van der Waals surface area contributed by atoms with Crippen LogP contribution in [0.2, 0.25) is 0 Å². The number of para-hydroxylation sites is 1. The van der Waals surface area contributed by atoms with E-state index in [4.69, 9.17) is 4.74 Å². The van der Waals surface area contributed by atoms with Crippen LogP contribution in [0.1, 0.15) is 18.5 Å². The van der Waals surface area contributed by atoms with Crippen molar-refractivity contribution in [2.75, 3.05) is 25.1 Å². The smallest absolute Gasteiger partial charge is 0.145 e. The molecular weight excluding hydrogens is 224 g/mol. The molecule has 1 aromatic heterocycles. The van der Waals surface area contributed by atoms with E-state index in [0.717, 1.165) is 30.0 Å². The van der Waals surface area contributed by atoms with E-state index in [9.17, 15) is 0 Å². The predicted octanol–water partition coefficient (Wildman–Crippen LogP) is 3.15. The lowest BCUT2D eigenvalue weighted by molar-refractivity contribution is 0.419. The summed E-state index contributed by atoms with van der Waals surface area (Å²) in [6.07, 6.45) is 2.57. The van der Waals surface area contributed by atoms with Crippen molar-refractivity contribution in [2.24, 2.45) is 0 Å². The van der Waals surface area contributed by atoms with E-state index in [1.165, 1.54) is 23.9 Å². The highest BCUT2D eigenvalue weighted by molar-refractivity contribution is 5.95. The Kier molecular flexibility index (Phi) is 2.82. The molecule has 0 radical (unpaired) electrons. The number of anilines is 1. The molecule has 2 aromatic rings. The van der Waals surface area contributed by atoms with Crippen LogP contribution in [0.5, 0.6) is 5.75 Å². The quantitative estimate of drug-likeness (QED) is 0.809. The zero-order valence-corrected chi connectivity index (χ0v) is 10.9. The van der Waals surface area contributed by atoms with Gasteiger partial charge in [0, 0.05) is 29.9 Å². The van der Waals surface area contributed by atoms with Crippen LogP contribution >= 0.6 is 0 Å². The van der Waals surface area contributed by atoms with Gasteiger partial charge in [0.05, 0.1) is 7.11 Å². The molecule has 94 valence electrons. The molecule has 3 nitrogen and oxygen atoms in total. The maximum atomic E-state index is 5.42. The third-order valence-corrected chi connectivity index (χ3v) is 3.58. The van der Waals surface area contributed by atoms with E-state index in [1.807, 2.05) is 19.1 Å². The molecule has 1 saturated heterocycles. The summed E-state index contributed by atoms with van der Waals surface area (Å²) in [5.74, 6) is 0.858. The van der Waals surface area contributed by atoms with Gasteiger partial charge in [-0.15, -0.1) is 0 Å². The third kappa shape index (κ3) is 1.80. The SMILES string of the molecule is COc1cccc2c(N3CCCC3)cc(C)nc12. The Hall–Kier alpha value is -1.77. The standard InChI is InChI=1S/C15H18N2O/c1-11-10-13(17-8-3-4-9-17)12-6-5-7-14(18-2)15(12)16-11/h5-7,10H,3-4,8-9H2,1-2H3. The number of aryl methyl sites for hydroxylation is 1. The van der Waals surface area contributed by atoms with Gasteiger partial charge >= 0.3 is 0 Å². The minimum absolute atomic E-state index is 0.858. The Morgan fingerprint density at radius 1 is 1.22 bits per heavy atom. The van der Waals surface area contributed by atoms with Crippen molar-refractivity contribution in [3.8, 4) is 5.75 Å². The van der Waals surface area contributed by atoms with E-state index in [0.29, 0.717) is 0 Å². The van der Waals surface area contributed by atoms with E-state index in [2.05, 4.69) is 22.0 Å². The molecule has 0 N–H and O–H groups in total. The maximum Gasteiger partial charge on any atom is 0.145 e. The van der Waals surface area contributed by atoms with Crippen molar-refractivity contribution in [2.45, 2.75) is 19.8 Å². The molecule has 1 aliphatic rings. The monoisotopic (exact) mass is 242 g/mol. The van der Waals surface area contributed by atoms with Crippen LogP contribution < -0.4 is 9.64 Å². The number of benzene rings is 1. The van der Waals surface area contributed by atoms with Gasteiger partial charge in [-0.1, -0.05) is 12.1 Å². The lowest BCUT2D eigenvalue weighted by atomic mass is 10.1. The third-order valence-electron chi connectivity index (χ3n) is 3.58. The number of hydrogen-bond donors (Lipinski definition) is 0. The van der Waals surface area contributed by atoms with Crippen LogP contribution in [0, 0.1) is 6.92 Å². The molecule has 0 amide bonds. The fourth-order valence-electron chi connectivity index (χ4n) is 2.71. The Labute approximate surface area is 107 Å². The summed E-state index contributed by atoms with van der Waals surface area (Å²) < 4.78 is 5.42. The number of ether oxygens (including phenoxy) is 1. The zero-order valence-electron chi connectivity index (χ0n) is 10.9. The Morgan fingerprint density at radius 3 is 2.72 bits per heavy atom. The first-order valence-electron chi connectivity index (χ1n) is 6.49. The van der Waals surface area contributed by atoms with Gasteiger partial charge in [-0.3, -0.25) is 0 Å². The van der Waals surface area contributed by atoms with E-state index in [-0.39, 0.29) is 0 Å². The van der Waals surface area contributed by atoms with Gasteiger partial charge in [-0.25, -0.2) is 4.98 Å². The summed E-state index contributed by atoms with van der Waals surface area (Å²) in [7, 11) is 1.70. The molecule has 1 aromatic carbocycles. The van der Waals surface area contributed by atoms with Gasteiger partial charge in [0.1, 0.15) is 11.3 Å². The summed E-state index contributed by atoms with van der Waals surface area (Å²) in [6, 6.07) is 8.34. The molecule has 0 bridgehead atoms. The van der Waals surface area contributed by atoms with Gasteiger partial charge in [0.2, 0.25) is 0 Å². The number of methoxy groups -OCH3 is 1. The lowest BCUT2D eigenvalue weighted by Gasteiger charge is -2.20. The topological polar surface area (TPSA) is 25.4 Å². The molecule has 0 spiro atoms. The van der Waals surface area contributed by atoms with Crippen LogP contribution in [0.15, 0.2) is 24.3 Å². The van der Waals surface area contributed by atoms with E-state index in [1.54, 1.807) is 7.11 Å². The Morgan fingerprint density at radius 2 is 2.00 bits per heavy atom. The number of nitrogens with zero attached hydrogens (tertiary/aromatic N) is 2. The zero-order chi connectivity index (χ0) is 12.5. The average Bonchev–Trinajstić information content (AvgIpc) is 2.90. The molecule has 1 fully saturated rings. The molecule has 3 heteroatoms. The lowest BCUT2D eigenvalue weighted by Crippen LogP contribution is -2.18. The second kappa shape index (κ2) is 4.48. The number of rotatable bonds is 2. The van der Waals surface area contributed by atoms with Crippen molar-refractivity contribution < 1.29 is 4.74 Å². The summed E-state index contributed by atoms with van der Waals surface area (Å²) in [5, 5.41) is 1.20. The highest BCUT2D eigenvalue weighted by atomic mass is 16.5. The molecule has 1 aliphatic heterocycles. The molecule has 0 unspecified atom stereocenters. The van der Waals surface area contributed by atoms with Crippen molar-refractivity contribution in [1.82, 2.24) is 4.98 Å². The molecule has 0 aliphatic carbocycles. The first-order chi connectivity index (χ1) is 8.79. The summed E-state index contributed by atoms with van der Waals surface area (Å²) >= 11 is 0. The van der Waals surface area contributed by atoms with Gasteiger partial charge in [0.25, 0.3) is 0 Å². The number of hydrogen-bond acceptors (Lipinski definition) is 3. The Balaban J connectivity index is 2.24. The molecule has 18 heavy (non-hydrogen) atoms. The fraction of sp³-hybridized carbons (Fsp3) is 0.400. The average molecular weight is 242 g/mol. The normalized spacial score (nSPS) is 15.3. The number of fused-ring (bicyclic) bond motifs is 1. The fourth-order valence-corrected chi connectivity index (χ4v) is 2.71. The van der Waals surface area contributed by atoms with Gasteiger partial charge in [0.15, 0.2) is 0 Å². The maximum absolute atomic E-state index is 5.42. The van der Waals surface area contributed by atoms with Crippen LogP contribution in [-0.2, 0) is 0 Å². The summed E-state index contributed by atoms with van der Waals surface area (Å²) in [5.41, 5.74) is 3.32. The number of aromatic nitrogens is 1. The van der Waals surface area contributed by atoms with Crippen molar-refractivity contribution in [3.05, 3.63) is 30.0 Å². The van der Waals surface area contributed by atoms with Crippen LogP contribution in [0.25, 0.3) is 10.9 Å². The second-order valence-corrected chi connectivity index (χ2v) is 4.83. The second-order valence-electron chi connectivity index (χ2n) is 4.83. The molecule has 3 rings (SSSR count). The van der Waals surface area contributed by atoms with Crippen LogP contribution in [0.4, 0.5) is 5.69 Å². The van der Waals surface area contributed by atoms with E-state index < -0.39 is 0 Å². The highest BCUT2D eigenvalue weighted by Crippen LogP contribution is 2.33.